The maximum atomic E-state index is 2.28. The lowest BCUT2D eigenvalue weighted by molar-refractivity contribution is 0.822. The fourth-order valence-corrected chi connectivity index (χ4v) is 1.69. The Morgan fingerprint density at radius 2 is 1.87 bits per heavy atom. The van der Waals surface area contributed by atoms with E-state index in [4.69, 9.17) is 0 Å². The average molecular weight is 200 g/mol. The summed E-state index contributed by atoms with van der Waals surface area (Å²) in [6.45, 7) is 6.38. The summed E-state index contributed by atoms with van der Waals surface area (Å²) in [6.07, 6.45) is 7.73. The Hall–Kier alpha value is -1.30. The van der Waals surface area contributed by atoms with Gasteiger partial charge in [-0.15, -0.1) is 0 Å². The zero-order valence-electron chi connectivity index (χ0n) is 9.90. The predicted molar refractivity (Wildman–Crippen MR) is 68.0 cm³/mol. The molecule has 15 heavy (non-hydrogen) atoms. The van der Waals surface area contributed by atoms with E-state index >= 15 is 0 Å². The highest BCUT2D eigenvalue weighted by atomic mass is 14.1. The molecule has 1 rings (SSSR count). The van der Waals surface area contributed by atoms with Crippen LogP contribution in [0, 0.1) is 0 Å². The van der Waals surface area contributed by atoms with Crippen LogP contribution in [0.1, 0.15) is 38.7 Å². The van der Waals surface area contributed by atoms with E-state index in [-0.39, 0.29) is 0 Å². The van der Waals surface area contributed by atoms with Gasteiger partial charge in [-0.25, -0.2) is 0 Å². The van der Waals surface area contributed by atoms with Gasteiger partial charge in [0.05, 0.1) is 0 Å². The molecule has 0 aromatic heterocycles. The van der Waals surface area contributed by atoms with Crippen molar-refractivity contribution in [2.24, 2.45) is 0 Å². The summed E-state index contributed by atoms with van der Waals surface area (Å²) in [5, 5.41) is 0. The normalized spacial score (nSPS) is 14.5. The maximum absolute atomic E-state index is 2.28. The molecule has 0 N–H and O–H groups in total. The molecule has 0 aliphatic rings. The average Bonchev–Trinajstić information content (AvgIpc) is 2.29. The van der Waals surface area contributed by atoms with Crippen LogP contribution in [0.5, 0.6) is 0 Å². The second-order valence-electron chi connectivity index (χ2n) is 3.88. The minimum atomic E-state index is 0.521. The smallest absolute Gasteiger partial charge is 0.00549 e. The molecule has 1 atom stereocenters. The fraction of sp³-hybridized carbons (Fsp3) is 0.333. The fourth-order valence-electron chi connectivity index (χ4n) is 1.69. The first kappa shape index (κ1) is 11.8. The van der Waals surface area contributed by atoms with Crippen LogP contribution in [-0.2, 0) is 0 Å². The highest BCUT2D eigenvalue weighted by Gasteiger charge is 2.07. The van der Waals surface area contributed by atoms with E-state index in [9.17, 15) is 0 Å². The summed E-state index contributed by atoms with van der Waals surface area (Å²) in [5.74, 6) is 0.521. The molecule has 0 saturated heterocycles. The van der Waals surface area contributed by atoms with Crippen LogP contribution in [0.15, 0.2) is 54.1 Å². The summed E-state index contributed by atoms with van der Waals surface area (Å²) >= 11 is 0. The third-order valence-electron chi connectivity index (χ3n) is 2.69. The highest BCUT2D eigenvalue weighted by Crippen LogP contribution is 2.24. The molecule has 0 radical (unpaired) electrons. The second kappa shape index (κ2) is 6.23. The van der Waals surface area contributed by atoms with Crippen molar-refractivity contribution < 1.29 is 0 Å². The summed E-state index contributed by atoms with van der Waals surface area (Å²) < 4.78 is 0. The number of rotatable bonds is 4. The molecule has 0 fully saturated rings. The van der Waals surface area contributed by atoms with Crippen molar-refractivity contribution in [3.8, 4) is 0 Å². The summed E-state index contributed by atoms with van der Waals surface area (Å²) in [7, 11) is 0. The molecular formula is C15H20. The van der Waals surface area contributed by atoms with Crippen LogP contribution < -0.4 is 0 Å². The van der Waals surface area contributed by atoms with E-state index in [1.165, 1.54) is 11.1 Å². The van der Waals surface area contributed by atoms with Crippen molar-refractivity contribution >= 4 is 0 Å². The third kappa shape index (κ3) is 3.75. The Balaban J connectivity index is 2.84. The first-order valence-electron chi connectivity index (χ1n) is 5.57. The minimum Gasteiger partial charge on any atom is -0.0910 e. The van der Waals surface area contributed by atoms with Crippen molar-refractivity contribution in [2.75, 3.05) is 0 Å². The molecule has 1 unspecified atom stereocenters. The van der Waals surface area contributed by atoms with Crippen molar-refractivity contribution in [1.82, 2.24) is 0 Å². The molecule has 1 aromatic rings. The van der Waals surface area contributed by atoms with Crippen molar-refractivity contribution in [2.45, 2.75) is 33.1 Å². The van der Waals surface area contributed by atoms with Gasteiger partial charge < -0.3 is 0 Å². The molecule has 0 bridgehead atoms. The van der Waals surface area contributed by atoms with Crippen molar-refractivity contribution in [3.63, 3.8) is 0 Å². The van der Waals surface area contributed by atoms with E-state index in [0.717, 1.165) is 6.42 Å². The summed E-state index contributed by atoms with van der Waals surface area (Å²) in [4.78, 5) is 0. The van der Waals surface area contributed by atoms with Gasteiger partial charge in [0, 0.05) is 5.92 Å². The molecule has 0 spiro atoms. The first-order valence-corrected chi connectivity index (χ1v) is 5.57. The Labute approximate surface area is 93.3 Å². The summed E-state index contributed by atoms with van der Waals surface area (Å²) in [5.41, 5.74) is 2.85. The molecule has 0 aliphatic carbocycles. The van der Waals surface area contributed by atoms with Gasteiger partial charge in [0.1, 0.15) is 0 Å². The zero-order valence-corrected chi connectivity index (χ0v) is 9.90. The molecule has 0 heteroatoms. The van der Waals surface area contributed by atoms with Gasteiger partial charge in [-0.05, 0) is 32.8 Å². The van der Waals surface area contributed by atoms with Crippen LogP contribution >= 0.6 is 0 Å². The van der Waals surface area contributed by atoms with E-state index in [1.807, 2.05) is 0 Å². The Morgan fingerprint density at radius 3 is 2.40 bits per heavy atom. The van der Waals surface area contributed by atoms with Gasteiger partial charge in [0.15, 0.2) is 0 Å². The topological polar surface area (TPSA) is 0 Å². The van der Waals surface area contributed by atoms with Crippen LogP contribution in [0.25, 0.3) is 0 Å². The minimum absolute atomic E-state index is 0.521. The molecule has 80 valence electrons. The first-order chi connectivity index (χ1) is 7.27. The van der Waals surface area contributed by atoms with Gasteiger partial charge in [0.25, 0.3) is 0 Å². The molecule has 0 nitrogen and oxygen atoms in total. The molecule has 1 aromatic carbocycles. The number of hydrogen-bond acceptors (Lipinski definition) is 0. The number of benzene rings is 1. The third-order valence-corrected chi connectivity index (χ3v) is 2.69. The van der Waals surface area contributed by atoms with Crippen LogP contribution in [0.2, 0.25) is 0 Å². The molecule has 0 aliphatic heterocycles. The maximum Gasteiger partial charge on any atom is 0.00549 e. The van der Waals surface area contributed by atoms with E-state index in [1.54, 1.807) is 0 Å². The lowest BCUT2D eigenvalue weighted by Crippen LogP contribution is -1.95. The van der Waals surface area contributed by atoms with Crippen LogP contribution in [0.4, 0.5) is 0 Å². The largest absolute Gasteiger partial charge is 0.0910 e. The van der Waals surface area contributed by atoms with Gasteiger partial charge in [-0.1, -0.05) is 54.1 Å². The van der Waals surface area contributed by atoms with Gasteiger partial charge >= 0.3 is 0 Å². The Bertz CT molecular complexity index is 330. The van der Waals surface area contributed by atoms with Gasteiger partial charge in [-0.3, -0.25) is 0 Å². The van der Waals surface area contributed by atoms with Crippen molar-refractivity contribution in [1.29, 1.82) is 0 Å². The Morgan fingerprint density at radius 1 is 1.20 bits per heavy atom. The van der Waals surface area contributed by atoms with Crippen LogP contribution in [0.3, 0.4) is 0 Å². The lowest BCUT2D eigenvalue weighted by Gasteiger charge is -2.13. The quantitative estimate of drug-likeness (QED) is 0.618. The van der Waals surface area contributed by atoms with E-state index < -0.39 is 0 Å². The standard InChI is InChI=1S/C15H20/c1-4-9-15(12-13(3)5-2)14-10-7-6-8-11-14/h4-11,15H,12H2,1-3H3. The number of allylic oxidation sites excluding steroid dienone is 4. The monoisotopic (exact) mass is 200 g/mol. The van der Waals surface area contributed by atoms with Crippen LogP contribution in [-0.4, -0.2) is 0 Å². The van der Waals surface area contributed by atoms with E-state index in [2.05, 4.69) is 69.3 Å². The zero-order chi connectivity index (χ0) is 11.1. The summed E-state index contributed by atoms with van der Waals surface area (Å²) in [6, 6.07) is 10.7. The molecule has 0 heterocycles. The second-order valence-corrected chi connectivity index (χ2v) is 3.88. The molecule has 0 saturated carbocycles. The lowest BCUT2D eigenvalue weighted by atomic mass is 9.92. The molecule has 0 amide bonds. The number of hydrogen-bond donors (Lipinski definition) is 0. The SMILES string of the molecule is CC=CC(CC(C)=CC)c1ccccc1. The highest BCUT2D eigenvalue weighted by molar-refractivity contribution is 5.25. The van der Waals surface area contributed by atoms with Gasteiger partial charge in [-0.2, -0.15) is 0 Å². The molecular weight excluding hydrogens is 180 g/mol. The van der Waals surface area contributed by atoms with Crippen molar-refractivity contribution in [3.05, 3.63) is 59.7 Å². The Kier molecular flexibility index (Phi) is 4.89. The predicted octanol–water partition coefficient (Wildman–Crippen LogP) is 4.70. The van der Waals surface area contributed by atoms with Gasteiger partial charge in [0.2, 0.25) is 0 Å². The van der Waals surface area contributed by atoms with E-state index in [0.29, 0.717) is 5.92 Å².